The molecule has 0 spiro atoms. The van der Waals surface area contributed by atoms with E-state index >= 15 is 0 Å². The molecule has 1 atom stereocenters. The molecule has 7 nitrogen and oxygen atoms in total. The Bertz CT molecular complexity index is 1880. The summed E-state index contributed by atoms with van der Waals surface area (Å²) in [6.45, 7) is 4.22. The van der Waals surface area contributed by atoms with Crippen molar-refractivity contribution in [3.05, 3.63) is 124 Å². The van der Waals surface area contributed by atoms with Crippen LogP contribution in [0.5, 0.6) is 5.75 Å². The minimum Gasteiger partial charge on any atom is -0.508 e. The van der Waals surface area contributed by atoms with E-state index in [9.17, 15) is 5.11 Å². The van der Waals surface area contributed by atoms with Gasteiger partial charge in [-0.2, -0.15) is 5.10 Å². The third-order valence-corrected chi connectivity index (χ3v) is 8.45. The quantitative estimate of drug-likeness (QED) is 0.196. The van der Waals surface area contributed by atoms with Gasteiger partial charge in [0.25, 0.3) is 0 Å². The number of aryl methyl sites for hydroxylation is 2. The number of anilines is 2. The molecule has 3 heterocycles. The van der Waals surface area contributed by atoms with E-state index in [1.807, 2.05) is 72.3 Å². The first-order chi connectivity index (χ1) is 21.0. The molecule has 2 N–H and O–H groups in total. The maximum atomic E-state index is 11.3. The Morgan fingerprint density at radius 2 is 1.67 bits per heavy atom. The van der Waals surface area contributed by atoms with E-state index in [0.29, 0.717) is 17.5 Å². The Morgan fingerprint density at radius 3 is 2.47 bits per heavy atom. The van der Waals surface area contributed by atoms with Crippen molar-refractivity contribution >= 4 is 50.5 Å². The first-order valence-electron chi connectivity index (χ1n) is 14.6. The standard InChI is InChI=1S/C35H31BrN6O/c1-3-4-10-23-15-18-25(19-16-23)37-33-35-39-34-31(22(2)40-42(34)26-11-6-5-7-12-26)32(27-21-24(36)17-20-30(27)43)41(35)29-14-9-8-13-28(29)38-33/h5-9,11-21,32,43H,3-4,10H2,1-2H3,(H,37,38)/t32-/m0/s1. The third-order valence-electron chi connectivity index (χ3n) is 7.96. The van der Waals surface area contributed by atoms with Gasteiger partial charge in [0, 0.05) is 21.3 Å². The van der Waals surface area contributed by atoms with Gasteiger partial charge in [-0.25, -0.2) is 14.7 Å². The molecule has 4 aromatic carbocycles. The van der Waals surface area contributed by atoms with Crippen molar-refractivity contribution in [3.8, 4) is 11.4 Å². The van der Waals surface area contributed by atoms with Gasteiger partial charge >= 0.3 is 0 Å². The summed E-state index contributed by atoms with van der Waals surface area (Å²) in [5, 5.41) is 19.8. The second kappa shape index (κ2) is 11.2. The molecule has 8 heteroatoms. The number of fused-ring (bicyclic) bond motifs is 4. The fraction of sp³-hybridized carbons (Fsp3) is 0.171. The minimum atomic E-state index is -0.415. The number of unbranched alkanes of at least 4 members (excludes halogenated alkanes) is 1. The van der Waals surface area contributed by atoms with Crippen LogP contribution in [0.15, 0.2) is 112 Å². The Balaban J connectivity index is 1.44. The fourth-order valence-corrected chi connectivity index (χ4v) is 6.24. The number of aromatic hydroxyl groups is 1. The molecule has 0 fully saturated rings. The third kappa shape index (κ3) is 4.91. The zero-order valence-corrected chi connectivity index (χ0v) is 25.6. The van der Waals surface area contributed by atoms with Gasteiger partial charge in [0.1, 0.15) is 5.75 Å². The number of aromatic nitrogens is 2. The maximum Gasteiger partial charge on any atom is 0.179 e. The van der Waals surface area contributed by atoms with Crippen LogP contribution >= 0.6 is 15.9 Å². The lowest BCUT2D eigenvalue weighted by Crippen LogP contribution is -2.46. The lowest BCUT2D eigenvalue weighted by Gasteiger charge is -2.40. The van der Waals surface area contributed by atoms with E-state index in [-0.39, 0.29) is 5.75 Å². The Hall–Kier alpha value is -4.69. The maximum absolute atomic E-state index is 11.3. The Labute approximate surface area is 259 Å². The second-order valence-electron chi connectivity index (χ2n) is 10.9. The summed E-state index contributed by atoms with van der Waals surface area (Å²) in [6, 6.07) is 31.8. The molecule has 0 radical (unpaired) electrons. The van der Waals surface area contributed by atoms with Crippen molar-refractivity contribution in [1.82, 2.24) is 9.78 Å². The molecule has 0 amide bonds. The van der Waals surface area contributed by atoms with Crippen LogP contribution in [0, 0.1) is 6.92 Å². The van der Waals surface area contributed by atoms with Crippen LogP contribution in [0.25, 0.3) is 5.69 Å². The summed E-state index contributed by atoms with van der Waals surface area (Å²) in [6.07, 6.45) is 3.40. The van der Waals surface area contributed by atoms with Crippen LogP contribution < -0.4 is 10.2 Å². The van der Waals surface area contributed by atoms with Crippen LogP contribution in [-0.2, 0) is 6.42 Å². The van der Waals surface area contributed by atoms with E-state index in [2.05, 4.69) is 63.4 Å². The fourth-order valence-electron chi connectivity index (χ4n) is 5.86. The number of rotatable bonds is 6. The molecule has 0 unspecified atom stereocenters. The molecule has 7 rings (SSSR count). The average molecular weight is 632 g/mol. The van der Waals surface area contributed by atoms with E-state index < -0.39 is 6.04 Å². The number of nitrogens with one attached hydrogen (secondary N) is 1. The van der Waals surface area contributed by atoms with Crippen molar-refractivity contribution in [3.63, 3.8) is 0 Å². The minimum absolute atomic E-state index is 0.199. The van der Waals surface area contributed by atoms with E-state index in [1.54, 1.807) is 6.07 Å². The number of para-hydroxylation sites is 3. The zero-order chi connectivity index (χ0) is 29.5. The molecule has 2 aliphatic rings. The van der Waals surface area contributed by atoms with E-state index in [4.69, 9.17) is 15.1 Å². The predicted molar refractivity (Wildman–Crippen MR) is 178 cm³/mol. The summed E-state index contributed by atoms with van der Waals surface area (Å²) in [4.78, 5) is 12.5. The van der Waals surface area contributed by atoms with Crippen LogP contribution in [-0.4, -0.2) is 26.6 Å². The zero-order valence-electron chi connectivity index (χ0n) is 24.0. The molecule has 0 saturated carbocycles. The Morgan fingerprint density at radius 1 is 0.907 bits per heavy atom. The van der Waals surface area contributed by atoms with Gasteiger partial charge in [-0.3, -0.25) is 0 Å². The van der Waals surface area contributed by atoms with Crippen LogP contribution in [0.4, 0.5) is 22.9 Å². The highest BCUT2D eigenvalue weighted by molar-refractivity contribution is 9.10. The SMILES string of the molecule is CCCCc1ccc(NC2=Nc3ccccc3N3C2=Nc2c(c(C)nn2-c2ccccc2)[C@@H]3c2cc(Br)ccc2O)cc1. The van der Waals surface area contributed by atoms with Crippen molar-refractivity contribution in [2.75, 3.05) is 10.2 Å². The van der Waals surface area contributed by atoms with Crippen molar-refractivity contribution in [1.29, 1.82) is 0 Å². The Kier molecular flexibility index (Phi) is 7.07. The normalized spacial score (nSPS) is 15.2. The van der Waals surface area contributed by atoms with Crippen molar-refractivity contribution in [2.24, 2.45) is 9.98 Å². The van der Waals surface area contributed by atoms with Gasteiger partial charge in [-0.1, -0.05) is 71.7 Å². The summed E-state index contributed by atoms with van der Waals surface area (Å²) >= 11 is 3.64. The molecule has 5 aromatic rings. The number of hydrogen-bond donors (Lipinski definition) is 2. The van der Waals surface area contributed by atoms with Gasteiger partial charge < -0.3 is 15.3 Å². The van der Waals surface area contributed by atoms with E-state index in [0.717, 1.165) is 50.5 Å². The number of phenolic OH excluding ortho intramolecular Hbond substituents is 1. The first-order valence-corrected chi connectivity index (χ1v) is 15.4. The molecular weight excluding hydrogens is 600 g/mol. The van der Waals surface area contributed by atoms with Crippen LogP contribution in [0.2, 0.25) is 0 Å². The highest BCUT2D eigenvalue weighted by Gasteiger charge is 2.42. The highest BCUT2D eigenvalue weighted by atomic mass is 79.9. The van der Waals surface area contributed by atoms with Gasteiger partial charge in [0.2, 0.25) is 0 Å². The number of benzene rings is 4. The molecular formula is C35H31BrN6O. The number of nitrogens with zero attached hydrogens (tertiary/aromatic N) is 5. The number of phenols is 1. The lowest BCUT2D eigenvalue weighted by atomic mass is 9.92. The number of amidine groups is 2. The van der Waals surface area contributed by atoms with Crippen LogP contribution in [0.3, 0.4) is 0 Å². The largest absolute Gasteiger partial charge is 0.508 e. The van der Waals surface area contributed by atoms with Gasteiger partial charge in [0.05, 0.1) is 28.8 Å². The molecule has 0 bridgehead atoms. The van der Waals surface area contributed by atoms with Gasteiger partial charge in [-0.05, 0) is 79.9 Å². The second-order valence-corrected chi connectivity index (χ2v) is 11.8. The molecule has 43 heavy (non-hydrogen) atoms. The molecule has 2 aliphatic heterocycles. The molecule has 1 aromatic heterocycles. The predicted octanol–water partition coefficient (Wildman–Crippen LogP) is 8.79. The lowest BCUT2D eigenvalue weighted by molar-refractivity contribution is 0.465. The number of hydrogen-bond acceptors (Lipinski definition) is 6. The number of aliphatic imine (C=N–C) groups is 2. The van der Waals surface area contributed by atoms with Crippen LogP contribution in [0.1, 0.15) is 48.2 Å². The van der Waals surface area contributed by atoms with E-state index in [1.165, 1.54) is 18.4 Å². The molecule has 0 aliphatic carbocycles. The summed E-state index contributed by atoms with van der Waals surface area (Å²) < 4.78 is 2.76. The summed E-state index contributed by atoms with van der Waals surface area (Å²) in [7, 11) is 0. The summed E-state index contributed by atoms with van der Waals surface area (Å²) in [5.41, 5.74) is 7.39. The molecule has 214 valence electrons. The first kappa shape index (κ1) is 27.2. The summed E-state index contributed by atoms with van der Waals surface area (Å²) in [5.74, 6) is 2.19. The smallest absolute Gasteiger partial charge is 0.179 e. The van der Waals surface area contributed by atoms with Crippen molar-refractivity contribution in [2.45, 2.75) is 39.2 Å². The van der Waals surface area contributed by atoms with Gasteiger partial charge in [-0.15, -0.1) is 0 Å². The number of halogens is 1. The highest BCUT2D eigenvalue weighted by Crippen LogP contribution is 2.50. The molecule has 0 saturated heterocycles. The van der Waals surface area contributed by atoms with Crippen molar-refractivity contribution < 1.29 is 5.11 Å². The monoisotopic (exact) mass is 630 g/mol. The van der Waals surface area contributed by atoms with Gasteiger partial charge in [0.15, 0.2) is 17.5 Å². The topological polar surface area (TPSA) is 78.0 Å². The average Bonchev–Trinajstić information content (AvgIpc) is 3.37.